The molecule has 2 aromatic heterocycles. The number of aromatic nitrogens is 2. The molecule has 0 bridgehead atoms. The minimum Gasteiger partial charge on any atom is -0.475 e. The van der Waals surface area contributed by atoms with Gasteiger partial charge in [0, 0.05) is 17.3 Å². The summed E-state index contributed by atoms with van der Waals surface area (Å²) in [6, 6.07) is 3.25. The van der Waals surface area contributed by atoms with Crippen molar-refractivity contribution in [3.63, 3.8) is 0 Å². The van der Waals surface area contributed by atoms with E-state index in [1.54, 1.807) is 18.3 Å². The second kappa shape index (κ2) is 6.26. The number of carbonyl (C=O) groups excluding carboxylic acids is 1. The van der Waals surface area contributed by atoms with Crippen LogP contribution in [-0.4, -0.2) is 34.2 Å². The summed E-state index contributed by atoms with van der Waals surface area (Å²) in [5.41, 5.74) is 0.309. The van der Waals surface area contributed by atoms with E-state index in [9.17, 15) is 4.79 Å². The van der Waals surface area contributed by atoms with Gasteiger partial charge in [0.1, 0.15) is 12.2 Å². The SMILES string of the molecule is Cc1cnc(NC(=O)c2cccnc2OCCO)s1. The van der Waals surface area contributed by atoms with Crippen molar-refractivity contribution in [1.29, 1.82) is 0 Å². The van der Waals surface area contributed by atoms with Gasteiger partial charge in [-0.25, -0.2) is 9.97 Å². The Morgan fingerprint density at radius 2 is 2.37 bits per heavy atom. The van der Waals surface area contributed by atoms with Crippen LogP contribution in [0.25, 0.3) is 0 Å². The maximum Gasteiger partial charge on any atom is 0.262 e. The quantitative estimate of drug-likeness (QED) is 0.865. The van der Waals surface area contributed by atoms with Crippen LogP contribution in [0, 0.1) is 6.92 Å². The normalized spacial score (nSPS) is 10.2. The molecule has 1 amide bonds. The van der Waals surface area contributed by atoms with E-state index in [0.29, 0.717) is 10.7 Å². The summed E-state index contributed by atoms with van der Waals surface area (Å²) in [5.74, 6) is -0.141. The lowest BCUT2D eigenvalue weighted by molar-refractivity contribution is 0.102. The number of hydrogen-bond acceptors (Lipinski definition) is 6. The number of rotatable bonds is 5. The van der Waals surface area contributed by atoms with E-state index in [2.05, 4.69) is 15.3 Å². The Hall–Kier alpha value is -1.99. The van der Waals surface area contributed by atoms with Gasteiger partial charge in [-0.2, -0.15) is 0 Å². The summed E-state index contributed by atoms with van der Waals surface area (Å²) in [7, 11) is 0. The van der Waals surface area contributed by atoms with Gasteiger partial charge in [-0.1, -0.05) is 0 Å². The van der Waals surface area contributed by atoms with Crippen molar-refractivity contribution >= 4 is 22.4 Å². The molecule has 2 rings (SSSR count). The zero-order valence-corrected chi connectivity index (χ0v) is 11.1. The number of ether oxygens (including phenoxy) is 1. The van der Waals surface area contributed by atoms with E-state index in [1.165, 1.54) is 17.5 Å². The van der Waals surface area contributed by atoms with Crippen LogP contribution < -0.4 is 10.1 Å². The van der Waals surface area contributed by atoms with Gasteiger partial charge >= 0.3 is 0 Å². The van der Waals surface area contributed by atoms with E-state index < -0.39 is 0 Å². The molecule has 0 atom stereocenters. The number of nitrogens with one attached hydrogen (secondary N) is 1. The number of aliphatic hydroxyl groups is 1. The van der Waals surface area contributed by atoms with Gasteiger partial charge in [-0.3, -0.25) is 10.1 Å². The summed E-state index contributed by atoms with van der Waals surface area (Å²) in [6.45, 7) is 1.87. The molecule has 0 aliphatic rings. The van der Waals surface area contributed by atoms with Crippen LogP contribution in [0.5, 0.6) is 5.88 Å². The van der Waals surface area contributed by atoms with Crippen molar-refractivity contribution in [2.24, 2.45) is 0 Å². The van der Waals surface area contributed by atoms with Gasteiger partial charge in [0.05, 0.1) is 6.61 Å². The van der Waals surface area contributed by atoms with Crippen LogP contribution in [0.4, 0.5) is 5.13 Å². The van der Waals surface area contributed by atoms with Crippen molar-refractivity contribution in [2.75, 3.05) is 18.5 Å². The third-order valence-electron chi connectivity index (χ3n) is 2.19. The first kappa shape index (κ1) is 13.4. The number of anilines is 1. The van der Waals surface area contributed by atoms with Crippen molar-refractivity contribution in [3.8, 4) is 5.88 Å². The topological polar surface area (TPSA) is 84.3 Å². The van der Waals surface area contributed by atoms with Gasteiger partial charge in [0.15, 0.2) is 5.13 Å². The first-order valence-electron chi connectivity index (χ1n) is 5.63. The molecule has 0 unspecified atom stereocenters. The number of nitrogens with zero attached hydrogens (tertiary/aromatic N) is 2. The Morgan fingerprint density at radius 3 is 3.05 bits per heavy atom. The molecule has 0 saturated heterocycles. The van der Waals surface area contributed by atoms with Crippen molar-refractivity contribution in [3.05, 3.63) is 35.0 Å². The predicted octanol–water partition coefficient (Wildman–Crippen LogP) is 1.47. The lowest BCUT2D eigenvalue weighted by Gasteiger charge is -2.08. The molecule has 0 radical (unpaired) electrons. The number of amides is 1. The van der Waals surface area contributed by atoms with Crippen LogP contribution in [-0.2, 0) is 0 Å². The lowest BCUT2D eigenvalue weighted by Crippen LogP contribution is -2.15. The Morgan fingerprint density at radius 1 is 1.53 bits per heavy atom. The smallest absolute Gasteiger partial charge is 0.262 e. The molecule has 0 aliphatic heterocycles. The van der Waals surface area contributed by atoms with Crippen LogP contribution in [0.1, 0.15) is 15.2 Å². The number of aliphatic hydroxyl groups excluding tert-OH is 1. The Balaban J connectivity index is 2.14. The van der Waals surface area contributed by atoms with Crippen LogP contribution >= 0.6 is 11.3 Å². The number of hydrogen-bond donors (Lipinski definition) is 2. The summed E-state index contributed by atoms with van der Waals surface area (Å²) >= 11 is 1.39. The largest absolute Gasteiger partial charge is 0.475 e. The van der Waals surface area contributed by atoms with Crippen molar-refractivity contribution < 1.29 is 14.6 Å². The Bertz CT molecular complexity index is 571. The highest BCUT2D eigenvalue weighted by molar-refractivity contribution is 7.15. The average Bonchev–Trinajstić information content (AvgIpc) is 2.82. The van der Waals surface area contributed by atoms with E-state index in [1.807, 2.05) is 6.92 Å². The fourth-order valence-corrected chi connectivity index (χ4v) is 2.06. The van der Waals surface area contributed by atoms with Crippen molar-refractivity contribution in [1.82, 2.24) is 9.97 Å². The maximum absolute atomic E-state index is 12.1. The Labute approximate surface area is 114 Å². The lowest BCUT2D eigenvalue weighted by atomic mass is 10.2. The Kier molecular flexibility index (Phi) is 4.43. The number of thiazole rings is 1. The third kappa shape index (κ3) is 3.49. The van der Waals surface area contributed by atoms with Gasteiger partial charge in [-0.05, 0) is 19.1 Å². The second-order valence-electron chi connectivity index (χ2n) is 3.66. The molecule has 0 aliphatic carbocycles. The van der Waals surface area contributed by atoms with E-state index in [4.69, 9.17) is 9.84 Å². The molecule has 100 valence electrons. The summed E-state index contributed by atoms with van der Waals surface area (Å²) < 4.78 is 5.21. The fraction of sp³-hybridized carbons (Fsp3) is 0.250. The third-order valence-corrected chi connectivity index (χ3v) is 3.02. The fourth-order valence-electron chi connectivity index (χ4n) is 1.40. The van der Waals surface area contributed by atoms with Gasteiger partial charge < -0.3 is 9.84 Å². The molecular weight excluding hydrogens is 266 g/mol. The molecule has 19 heavy (non-hydrogen) atoms. The van der Waals surface area contributed by atoms with Gasteiger partial charge in [0.2, 0.25) is 5.88 Å². The molecule has 2 aromatic rings. The zero-order chi connectivity index (χ0) is 13.7. The first-order chi connectivity index (χ1) is 9.20. The maximum atomic E-state index is 12.1. The van der Waals surface area contributed by atoms with E-state index in [-0.39, 0.29) is 25.0 Å². The minimum absolute atomic E-state index is 0.0909. The van der Waals surface area contributed by atoms with Gasteiger partial charge in [-0.15, -0.1) is 11.3 Å². The molecule has 0 fully saturated rings. The molecule has 2 heterocycles. The summed E-state index contributed by atoms with van der Waals surface area (Å²) in [6.07, 6.45) is 3.21. The molecule has 6 nitrogen and oxygen atoms in total. The molecule has 0 spiro atoms. The predicted molar refractivity (Wildman–Crippen MR) is 71.6 cm³/mol. The first-order valence-corrected chi connectivity index (χ1v) is 6.45. The van der Waals surface area contributed by atoms with Crippen LogP contribution in [0.15, 0.2) is 24.5 Å². The van der Waals surface area contributed by atoms with E-state index in [0.717, 1.165) is 4.88 Å². The highest BCUT2D eigenvalue weighted by Crippen LogP contribution is 2.20. The van der Waals surface area contributed by atoms with Crippen LogP contribution in [0.3, 0.4) is 0 Å². The standard InChI is InChI=1S/C12H13N3O3S/c1-8-7-14-12(19-8)15-10(17)9-3-2-4-13-11(9)18-6-5-16/h2-4,7,16H,5-6H2,1H3,(H,14,15,17). The molecule has 0 saturated carbocycles. The molecule has 7 heteroatoms. The minimum atomic E-state index is -0.338. The zero-order valence-electron chi connectivity index (χ0n) is 10.3. The number of carbonyl (C=O) groups is 1. The van der Waals surface area contributed by atoms with Gasteiger partial charge in [0.25, 0.3) is 5.91 Å². The summed E-state index contributed by atoms with van der Waals surface area (Å²) in [5, 5.41) is 11.9. The molecular formula is C12H13N3O3S. The molecule has 0 aromatic carbocycles. The van der Waals surface area contributed by atoms with Crippen molar-refractivity contribution in [2.45, 2.75) is 6.92 Å². The summed E-state index contributed by atoms with van der Waals surface area (Å²) in [4.78, 5) is 21.1. The second-order valence-corrected chi connectivity index (χ2v) is 4.89. The van der Waals surface area contributed by atoms with E-state index >= 15 is 0 Å². The highest BCUT2D eigenvalue weighted by atomic mass is 32.1. The van der Waals surface area contributed by atoms with Crippen LogP contribution in [0.2, 0.25) is 0 Å². The number of aryl methyl sites for hydroxylation is 1. The molecule has 2 N–H and O–H groups in total. The number of pyridine rings is 1. The highest BCUT2D eigenvalue weighted by Gasteiger charge is 2.14. The average molecular weight is 279 g/mol. The monoisotopic (exact) mass is 279 g/mol.